The molecule has 0 aromatic heterocycles. The molecule has 32 heavy (non-hydrogen) atoms. The lowest BCUT2D eigenvalue weighted by molar-refractivity contribution is -0.136. The number of esters is 1. The molecule has 0 bridgehead atoms. The van der Waals surface area contributed by atoms with Crippen molar-refractivity contribution < 1.29 is 18.7 Å². The van der Waals surface area contributed by atoms with Crippen LogP contribution in [-0.4, -0.2) is 18.9 Å². The van der Waals surface area contributed by atoms with Crippen molar-refractivity contribution in [2.45, 2.75) is 6.04 Å². The number of carbonyl (C=O) groups is 2. The molecule has 0 fully saturated rings. The predicted octanol–water partition coefficient (Wildman–Crippen LogP) is 5.71. The molecule has 3 aromatic carbocycles. The Kier molecular flexibility index (Phi) is 7.92. The lowest BCUT2D eigenvalue weighted by atomic mass is 10.00. The summed E-state index contributed by atoms with van der Waals surface area (Å²) in [5, 5.41) is 8.41. The van der Waals surface area contributed by atoms with Crippen molar-refractivity contribution in [2.75, 3.05) is 7.11 Å². The van der Waals surface area contributed by atoms with Gasteiger partial charge in [0.2, 0.25) is 0 Å². The highest BCUT2D eigenvalue weighted by molar-refractivity contribution is 6.06. The van der Waals surface area contributed by atoms with Gasteiger partial charge in [-0.3, -0.25) is 4.79 Å². The summed E-state index contributed by atoms with van der Waals surface area (Å²) in [6.07, 6.45) is 3.83. The minimum absolute atomic E-state index is 0.224. The number of ketones is 1. The highest BCUT2D eigenvalue weighted by Gasteiger charge is 2.15. The first-order valence-corrected chi connectivity index (χ1v) is 9.85. The Labute approximate surface area is 185 Å². The van der Waals surface area contributed by atoms with Gasteiger partial charge in [0.05, 0.1) is 7.11 Å². The van der Waals surface area contributed by atoms with E-state index in [1.165, 1.54) is 43.5 Å². The molecule has 0 aliphatic carbocycles. The summed E-state index contributed by atoms with van der Waals surface area (Å²) in [4.78, 5) is 24.5. The second kappa shape index (κ2) is 11.3. The molecule has 0 heterocycles. The average molecular weight is 428 g/mol. The molecule has 5 nitrogen and oxygen atoms in total. The minimum Gasteiger partial charge on any atom is -0.464 e. The fraction of sp³-hybridized carbons (Fsp3) is 0.0769. The van der Waals surface area contributed by atoms with Gasteiger partial charge >= 0.3 is 5.97 Å². The second-order valence-corrected chi connectivity index (χ2v) is 6.75. The van der Waals surface area contributed by atoms with Crippen molar-refractivity contribution in [1.29, 1.82) is 0 Å². The zero-order valence-electron chi connectivity index (χ0n) is 17.4. The normalized spacial score (nSPS) is 11.9. The lowest BCUT2D eigenvalue weighted by Crippen LogP contribution is -2.05. The molecule has 160 valence electrons. The zero-order valence-corrected chi connectivity index (χ0v) is 17.4. The number of hydrogen-bond acceptors (Lipinski definition) is 5. The fourth-order valence-electron chi connectivity index (χ4n) is 2.88. The SMILES string of the molecule is COC(=O)C(=CC(=O)C=Cc1ccc(F)cc1)N=NC(c1ccccc1)c1ccccc1. The maximum Gasteiger partial charge on any atom is 0.358 e. The Bertz CT molecular complexity index is 1100. The van der Waals surface area contributed by atoms with Gasteiger partial charge in [-0.25, -0.2) is 9.18 Å². The summed E-state index contributed by atoms with van der Waals surface area (Å²) in [7, 11) is 1.20. The number of hydrogen-bond donors (Lipinski definition) is 0. The molecule has 0 aliphatic heterocycles. The topological polar surface area (TPSA) is 68.1 Å². The van der Waals surface area contributed by atoms with E-state index < -0.39 is 17.8 Å². The number of carbonyl (C=O) groups excluding carboxylic acids is 2. The van der Waals surface area contributed by atoms with Crippen LogP contribution in [0, 0.1) is 5.82 Å². The van der Waals surface area contributed by atoms with Gasteiger partial charge < -0.3 is 4.74 Å². The van der Waals surface area contributed by atoms with E-state index in [-0.39, 0.29) is 11.5 Å². The van der Waals surface area contributed by atoms with Crippen LogP contribution in [0.2, 0.25) is 0 Å². The van der Waals surface area contributed by atoms with Gasteiger partial charge in [0.25, 0.3) is 0 Å². The third-order valence-electron chi connectivity index (χ3n) is 4.50. The van der Waals surface area contributed by atoms with Gasteiger partial charge in [0.15, 0.2) is 11.5 Å². The zero-order chi connectivity index (χ0) is 22.8. The quantitative estimate of drug-likeness (QED) is 0.262. The van der Waals surface area contributed by atoms with Crippen LogP contribution >= 0.6 is 0 Å². The molecule has 0 radical (unpaired) electrons. The Morgan fingerprint density at radius 1 is 0.875 bits per heavy atom. The Morgan fingerprint density at radius 2 is 1.44 bits per heavy atom. The third-order valence-corrected chi connectivity index (χ3v) is 4.50. The number of halogens is 1. The first-order chi connectivity index (χ1) is 15.6. The van der Waals surface area contributed by atoms with E-state index in [4.69, 9.17) is 4.74 Å². The number of nitrogens with zero attached hydrogens (tertiary/aromatic N) is 2. The molecule has 0 spiro atoms. The van der Waals surface area contributed by atoms with Crippen LogP contribution in [0.4, 0.5) is 4.39 Å². The van der Waals surface area contributed by atoms with Gasteiger partial charge in [0.1, 0.15) is 11.9 Å². The summed E-state index contributed by atoms with van der Waals surface area (Å²) < 4.78 is 17.8. The first kappa shape index (κ1) is 22.5. The number of benzene rings is 3. The van der Waals surface area contributed by atoms with Crippen LogP contribution in [0.3, 0.4) is 0 Å². The Hall–Kier alpha value is -4.19. The maximum absolute atomic E-state index is 13.0. The molecule has 6 heteroatoms. The van der Waals surface area contributed by atoms with Gasteiger partial charge in [-0.2, -0.15) is 5.11 Å². The highest BCUT2D eigenvalue weighted by atomic mass is 19.1. The van der Waals surface area contributed by atoms with Crippen molar-refractivity contribution in [3.63, 3.8) is 0 Å². The summed E-state index contributed by atoms with van der Waals surface area (Å²) >= 11 is 0. The van der Waals surface area contributed by atoms with Crippen LogP contribution in [-0.2, 0) is 14.3 Å². The van der Waals surface area contributed by atoms with Crippen molar-refractivity contribution >= 4 is 17.8 Å². The maximum atomic E-state index is 13.0. The summed E-state index contributed by atoms with van der Waals surface area (Å²) in [6, 6.07) is 24.2. The molecule has 0 saturated heterocycles. The van der Waals surface area contributed by atoms with Crippen molar-refractivity contribution in [2.24, 2.45) is 10.2 Å². The molecule has 0 atom stereocenters. The van der Waals surface area contributed by atoms with Crippen molar-refractivity contribution in [3.05, 3.63) is 125 Å². The average Bonchev–Trinajstić information content (AvgIpc) is 2.84. The van der Waals surface area contributed by atoms with Crippen LogP contribution in [0.25, 0.3) is 6.08 Å². The number of rotatable bonds is 8. The van der Waals surface area contributed by atoms with E-state index in [1.54, 1.807) is 0 Å². The third kappa shape index (κ3) is 6.40. The van der Waals surface area contributed by atoms with E-state index in [2.05, 4.69) is 10.2 Å². The predicted molar refractivity (Wildman–Crippen MR) is 120 cm³/mol. The standard InChI is InChI=1S/C26H21FN2O3/c1-32-26(31)24(18-23(30)17-14-19-12-15-22(27)16-13-19)28-29-25(20-8-4-2-5-9-20)21-10-6-3-7-11-21/h2-18,25H,1H3. The molecule has 3 aromatic rings. The van der Waals surface area contributed by atoms with E-state index >= 15 is 0 Å². The van der Waals surface area contributed by atoms with Crippen molar-refractivity contribution in [3.8, 4) is 0 Å². The Balaban J connectivity index is 1.88. The summed E-state index contributed by atoms with van der Waals surface area (Å²) in [5.74, 6) is -1.63. The number of allylic oxidation sites excluding steroid dienone is 2. The van der Waals surface area contributed by atoms with E-state index in [1.807, 2.05) is 60.7 Å². The molecular weight excluding hydrogens is 407 g/mol. The van der Waals surface area contributed by atoms with Gasteiger partial charge in [0, 0.05) is 6.08 Å². The lowest BCUT2D eigenvalue weighted by Gasteiger charge is -2.12. The molecule has 0 aliphatic rings. The molecule has 0 amide bonds. The van der Waals surface area contributed by atoms with Crippen LogP contribution in [0.15, 0.2) is 113 Å². The highest BCUT2D eigenvalue weighted by Crippen LogP contribution is 2.26. The summed E-state index contributed by atoms with van der Waals surface area (Å²) in [5.41, 5.74) is 2.18. The van der Waals surface area contributed by atoms with Gasteiger partial charge in [-0.1, -0.05) is 78.9 Å². The molecular formula is C26H21FN2O3. The number of azo groups is 1. The van der Waals surface area contributed by atoms with Crippen LogP contribution in [0.5, 0.6) is 0 Å². The summed E-state index contributed by atoms with van der Waals surface area (Å²) in [6.45, 7) is 0. The molecule has 0 N–H and O–H groups in total. The van der Waals surface area contributed by atoms with E-state index in [0.29, 0.717) is 5.56 Å². The molecule has 0 unspecified atom stereocenters. The van der Waals surface area contributed by atoms with Crippen LogP contribution < -0.4 is 0 Å². The first-order valence-electron chi connectivity index (χ1n) is 9.85. The van der Waals surface area contributed by atoms with Crippen LogP contribution in [0.1, 0.15) is 22.7 Å². The smallest absolute Gasteiger partial charge is 0.358 e. The van der Waals surface area contributed by atoms with E-state index in [0.717, 1.165) is 17.2 Å². The minimum atomic E-state index is -0.780. The van der Waals surface area contributed by atoms with Crippen molar-refractivity contribution in [1.82, 2.24) is 0 Å². The van der Waals surface area contributed by atoms with Gasteiger partial charge in [-0.15, -0.1) is 5.11 Å². The second-order valence-electron chi connectivity index (χ2n) is 6.75. The van der Waals surface area contributed by atoms with Gasteiger partial charge in [-0.05, 0) is 34.9 Å². The Morgan fingerprint density at radius 3 is 1.97 bits per heavy atom. The monoisotopic (exact) mass is 428 g/mol. The largest absolute Gasteiger partial charge is 0.464 e. The molecule has 0 saturated carbocycles. The molecule has 3 rings (SSSR count). The van der Waals surface area contributed by atoms with E-state index in [9.17, 15) is 14.0 Å². The number of ether oxygens (including phenoxy) is 1. The number of methoxy groups -OCH3 is 1. The fourth-order valence-corrected chi connectivity index (χ4v) is 2.88.